The highest BCUT2D eigenvalue weighted by Gasteiger charge is 2.44. The first-order valence-electron chi connectivity index (χ1n) is 5.67. The molecule has 2 fully saturated rings. The van der Waals surface area contributed by atoms with E-state index in [4.69, 9.17) is 10.5 Å². The first kappa shape index (κ1) is 10.4. The van der Waals surface area contributed by atoms with Crippen molar-refractivity contribution in [2.45, 2.75) is 37.8 Å². The van der Waals surface area contributed by atoms with Gasteiger partial charge in [0.05, 0.1) is 6.10 Å². The number of hydrogen-bond donors (Lipinski definition) is 2. The average molecular weight is 198 g/mol. The summed E-state index contributed by atoms with van der Waals surface area (Å²) in [6.07, 6.45) is 3.99. The van der Waals surface area contributed by atoms with Crippen LogP contribution in [-0.4, -0.2) is 31.8 Å². The van der Waals surface area contributed by atoms with Crippen LogP contribution in [0.4, 0.5) is 0 Å². The van der Waals surface area contributed by atoms with E-state index in [0.29, 0.717) is 6.10 Å². The van der Waals surface area contributed by atoms with Gasteiger partial charge in [0, 0.05) is 19.2 Å². The maximum absolute atomic E-state index is 5.81. The van der Waals surface area contributed by atoms with Crippen molar-refractivity contribution >= 4 is 0 Å². The van der Waals surface area contributed by atoms with Crippen LogP contribution in [0.25, 0.3) is 0 Å². The zero-order chi connectivity index (χ0) is 10.2. The molecule has 0 saturated heterocycles. The Kier molecular flexibility index (Phi) is 2.82. The summed E-state index contributed by atoms with van der Waals surface area (Å²) in [4.78, 5) is 0. The van der Waals surface area contributed by atoms with Gasteiger partial charge in [-0.25, -0.2) is 0 Å². The molecule has 0 aliphatic heterocycles. The molecule has 0 spiro atoms. The molecule has 3 N–H and O–H groups in total. The number of ether oxygens (including phenoxy) is 1. The molecule has 2 rings (SSSR count). The van der Waals surface area contributed by atoms with E-state index in [2.05, 4.69) is 12.2 Å². The van der Waals surface area contributed by atoms with E-state index in [1.807, 2.05) is 0 Å². The van der Waals surface area contributed by atoms with Crippen LogP contribution in [0.5, 0.6) is 0 Å². The third-order valence-corrected chi connectivity index (χ3v) is 3.98. The van der Waals surface area contributed by atoms with Crippen molar-refractivity contribution in [2.75, 3.05) is 20.2 Å². The number of nitrogens with one attached hydrogen (secondary N) is 1. The maximum atomic E-state index is 5.81. The monoisotopic (exact) mass is 198 g/mol. The third-order valence-electron chi connectivity index (χ3n) is 3.98. The van der Waals surface area contributed by atoms with Gasteiger partial charge in [0.2, 0.25) is 0 Å². The molecular formula is C11H22N2O. The first-order valence-corrected chi connectivity index (χ1v) is 5.67. The molecule has 0 aromatic heterocycles. The molecule has 0 bridgehead atoms. The molecule has 0 radical (unpaired) electrons. The second-order valence-electron chi connectivity index (χ2n) is 5.10. The van der Waals surface area contributed by atoms with E-state index in [0.717, 1.165) is 37.8 Å². The second-order valence-corrected chi connectivity index (χ2v) is 5.10. The van der Waals surface area contributed by atoms with Crippen LogP contribution in [0, 0.1) is 11.8 Å². The lowest BCUT2D eigenvalue weighted by Crippen LogP contribution is -2.62. The number of nitrogens with two attached hydrogens (primary N) is 1. The number of rotatable bonds is 5. The molecule has 0 heterocycles. The van der Waals surface area contributed by atoms with Gasteiger partial charge in [-0.3, -0.25) is 0 Å². The number of methoxy groups -OCH3 is 1. The van der Waals surface area contributed by atoms with Gasteiger partial charge in [-0.2, -0.15) is 0 Å². The van der Waals surface area contributed by atoms with Crippen LogP contribution in [0.3, 0.4) is 0 Å². The quantitative estimate of drug-likeness (QED) is 0.685. The largest absolute Gasteiger partial charge is 0.381 e. The van der Waals surface area contributed by atoms with Gasteiger partial charge in [0.25, 0.3) is 0 Å². The molecule has 3 heteroatoms. The minimum atomic E-state index is 0.197. The summed E-state index contributed by atoms with van der Waals surface area (Å²) in [5, 5.41) is 3.63. The Morgan fingerprint density at radius 1 is 1.50 bits per heavy atom. The smallest absolute Gasteiger partial charge is 0.0607 e. The molecular weight excluding hydrogens is 176 g/mol. The molecule has 82 valence electrons. The Labute approximate surface area is 86.4 Å². The molecule has 0 amide bonds. The fourth-order valence-electron chi connectivity index (χ4n) is 2.39. The molecule has 14 heavy (non-hydrogen) atoms. The van der Waals surface area contributed by atoms with Gasteiger partial charge in [-0.05, 0) is 37.6 Å². The summed E-state index contributed by atoms with van der Waals surface area (Å²) in [7, 11) is 1.79. The standard InChI is InChI=1S/C11H22N2O/c1-8-3-9(8)6-13-11(7-12)4-10(5-11)14-2/h8-10,13H,3-7,12H2,1-2H3. The van der Waals surface area contributed by atoms with Crippen LogP contribution in [-0.2, 0) is 4.74 Å². The summed E-state index contributed by atoms with van der Waals surface area (Å²) >= 11 is 0. The zero-order valence-electron chi connectivity index (χ0n) is 9.25. The Morgan fingerprint density at radius 2 is 2.14 bits per heavy atom. The SMILES string of the molecule is COC1CC(CN)(NCC2CC2C)C1. The number of hydrogen-bond acceptors (Lipinski definition) is 3. The fourth-order valence-corrected chi connectivity index (χ4v) is 2.39. The molecule has 2 aliphatic rings. The Balaban J connectivity index is 1.72. The highest BCUT2D eigenvalue weighted by atomic mass is 16.5. The Bertz CT molecular complexity index is 201. The summed E-state index contributed by atoms with van der Waals surface area (Å²) in [6, 6.07) is 0. The van der Waals surface area contributed by atoms with Crippen molar-refractivity contribution in [3.63, 3.8) is 0 Å². The summed E-state index contributed by atoms with van der Waals surface area (Å²) in [5.74, 6) is 1.83. The van der Waals surface area contributed by atoms with Crippen LogP contribution in [0.2, 0.25) is 0 Å². The van der Waals surface area contributed by atoms with E-state index in [1.165, 1.54) is 6.42 Å². The van der Waals surface area contributed by atoms with E-state index >= 15 is 0 Å². The highest BCUT2D eigenvalue weighted by molar-refractivity contribution is 5.03. The summed E-state index contributed by atoms with van der Waals surface area (Å²) in [5.41, 5.74) is 6.01. The molecule has 0 aromatic rings. The van der Waals surface area contributed by atoms with E-state index in [1.54, 1.807) is 7.11 Å². The Hall–Kier alpha value is -0.120. The second kappa shape index (κ2) is 3.80. The van der Waals surface area contributed by atoms with Crippen molar-refractivity contribution in [3.05, 3.63) is 0 Å². The van der Waals surface area contributed by atoms with Crippen LogP contribution in [0.15, 0.2) is 0 Å². The molecule has 2 unspecified atom stereocenters. The lowest BCUT2D eigenvalue weighted by Gasteiger charge is -2.47. The fraction of sp³-hybridized carbons (Fsp3) is 1.00. The van der Waals surface area contributed by atoms with Gasteiger partial charge in [0.15, 0.2) is 0 Å². The highest BCUT2D eigenvalue weighted by Crippen LogP contribution is 2.39. The first-order chi connectivity index (χ1) is 6.69. The molecule has 2 saturated carbocycles. The van der Waals surface area contributed by atoms with Crippen molar-refractivity contribution < 1.29 is 4.74 Å². The summed E-state index contributed by atoms with van der Waals surface area (Å²) < 4.78 is 5.29. The zero-order valence-corrected chi connectivity index (χ0v) is 9.25. The van der Waals surface area contributed by atoms with Gasteiger partial charge in [-0.1, -0.05) is 6.92 Å². The van der Waals surface area contributed by atoms with Crippen molar-refractivity contribution in [1.82, 2.24) is 5.32 Å². The van der Waals surface area contributed by atoms with Gasteiger partial charge in [-0.15, -0.1) is 0 Å². The van der Waals surface area contributed by atoms with E-state index in [-0.39, 0.29) is 5.54 Å². The third kappa shape index (κ3) is 1.95. The van der Waals surface area contributed by atoms with E-state index < -0.39 is 0 Å². The summed E-state index contributed by atoms with van der Waals surface area (Å²) in [6.45, 7) is 4.21. The van der Waals surface area contributed by atoms with Crippen molar-refractivity contribution in [1.29, 1.82) is 0 Å². The van der Waals surface area contributed by atoms with Gasteiger partial charge in [0.1, 0.15) is 0 Å². The molecule has 2 aliphatic carbocycles. The van der Waals surface area contributed by atoms with Crippen LogP contribution >= 0.6 is 0 Å². The average Bonchev–Trinajstić information content (AvgIpc) is 2.81. The van der Waals surface area contributed by atoms with Gasteiger partial charge < -0.3 is 15.8 Å². The lowest BCUT2D eigenvalue weighted by molar-refractivity contribution is -0.0268. The van der Waals surface area contributed by atoms with Crippen LogP contribution < -0.4 is 11.1 Å². The molecule has 0 aromatic carbocycles. The van der Waals surface area contributed by atoms with Crippen LogP contribution in [0.1, 0.15) is 26.2 Å². The minimum absolute atomic E-state index is 0.197. The predicted molar refractivity (Wildman–Crippen MR) is 57.1 cm³/mol. The molecule has 3 nitrogen and oxygen atoms in total. The van der Waals surface area contributed by atoms with E-state index in [9.17, 15) is 0 Å². The lowest BCUT2D eigenvalue weighted by atomic mass is 9.74. The Morgan fingerprint density at radius 3 is 2.57 bits per heavy atom. The topological polar surface area (TPSA) is 47.3 Å². The maximum Gasteiger partial charge on any atom is 0.0607 e. The minimum Gasteiger partial charge on any atom is -0.381 e. The normalized spacial score (nSPS) is 46.1. The predicted octanol–water partition coefficient (Wildman–Crippen LogP) is 0.738. The van der Waals surface area contributed by atoms with Crippen molar-refractivity contribution in [2.24, 2.45) is 17.6 Å². The molecule has 2 atom stereocenters. The van der Waals surface area contributed by atoms with Crippen molar-refractivity contribution in [3.8, 4) is 0 Å². The van der Waals surface area contributed by atoms with Gasteiger partial charge >= 0.3 is 0 Å².